The highest BCUT2D eigenvalue weighted by molar-refractivity contribution is 5.97. The van der Waals surface area contributed by atoms with E-state index in [-0.39, 0.29) is 11.6 Å². The quantitative estimate of drug-likeness (QED) is 0.428. The van der Waals surface area contributed by atoms with Crippen LogP contribution >= 0.6 is 0 Å². The minimum absolute atomic E-state index is 0.262. The van der Waals surface area contributed by atoms with E-state index < -0.39 is 5.82 Å². The van der Waals surface area contributed by atoms with Gasteiger partial charge in [-0.05, 0) is 56.9 Å². The Morgan fingerprint density at radius 2 is 1.91 bits per heavy atom. The van der Waals surface area contributed by atoms with Crippen molar-refractivity contribution in [2.45, 2.75) is 12.8 Å². The van der Waals surface area contributed by atoms with Gasteiger partial charge in [0.15, 0.2) is 17.2 Å². The van der Waals surface area contributed by atoms with E-state index in [0.29, 0.717) is 35.9 Å². The molecule has 0 radical (unpaired) electrons. The summed E-state index contributed by atoms with van der Waals surface area (Å²) in [5.41, 5.74) is 3.88. The minimum atomic E-state index is -0.412. The summed E-state index contributed by atoms with van der Waals surface area (Å²) in [5, 5.41) is 7.51. The van der Waals surface area contributed by atoms with Gasteiger partial charge in [-0.3, -0.25) is 4.79 Å². The van der Waals surface area contributed by atoms with Crippen LogP contribution in [0.1, 0.15) is 28.0 Å². The Bertz CT molecular complexity index is 1160. The Morgan fingerprint density at radius 1 is 1.19 bits per heavy atom. The Balaban J connectivity index is 1.79. The first-order chi connectivity index (χ1) is 15.4. The number of aromatic nitrogens is 2. The number of ether oxygens (including phenoxy) is 2. The first-order valence-electron chi connectivity index (χ1n) is 10.5. The minimum Gasteiger partial charge on any atom is -0.493 e. The van der Waals surface area contributed by atoms with E-state index in [1.54, 1.807) is 32.4 Å². The molecular weight excluding hydrogens is 411 g/mol. The summed E-state index contributed by atoms with van der Waals surface area (Å²) in [5.74, 6) is 0.498. The van der Waals surface area contributed by atoms with E-state index in [1.807, 2.05) is 26.2 Å². The standard InChI is InChI=1S/C24H27FN4O3/c1-28(2)11-7-10-26-24(30)22-17-12-15-13-20(31-3)21(32-4)14-16(15)23(17)29(27-22)19-9-6-5-8-18(19)25/h5-6,8-9,13-14H,7,10-12H2,1-4H3,(H,26,30). The molecule has 7 nitrogen and oxygen atoms in total. The monoisotopic (exact) mass is 438 g/mol. The molecule has 4 rings (SSSR count). The molecule has 0 bridgehead atoms. The van der Waals surface area contributed by atoms with Gasteiger partial charge >= 0.3 is 0 Å². The lowest BCUT2D eigenvalue weighted by Crippen LogP contribution is -2.28. The van der Waals surface area contributed by atoms with E-state index in [1.165, 1.54) is 10.7 Å². The van der Waals surface area contributed by atoms with Crippen LogP contribution in [0.2, 0.25) is 0 Å². The van der Waals surface area contributed by atoms with Gasteiger partial charge in [0.25, 0.3) is 5.91 Å². The van der Waals surface area contributed by atoms with Crippen LogP contribution in [-0.2, 0) is 6.42 Å². The average Bonchev–Trinajstić information content (AvgIpc) is 3.32. The molecule has 32 heavy (non-hydrogen) atoms. The molecule has 1 aliphatic rings. The summed E-state index contributed by atoms with van der Waals surface area (Å²) in [4.78, 5) is 15.1. The van der Waals surface area contributed by atoms with Crippen molar-refractivity contribution in [3.05, 3.63) is 59.0 Å². The van der Waals surface area contributed by atoms with Crippen LogP contribution in [0.5, 0.6) is 11.5 Å². The van der Waals surface area contributed by atoms with Crippen molar-refractivity contribution in [3.8, 4) is 28.4 Å². The lowest BCUT2D eigenvalue weighted by Gasteiger charge is -2.12. The third-order valence-electron chi connectivity index (χ3n) is 5.58. The average molecular weight is 439 g/mol. The fourth-order valence-corrected chi connectivity index (χ4v) is 4.03. The number of benzene rings is 2. The zero-order chi connectivity index (χ0) is 22.8. The Hall–Kier alpha value is -3.39. The zero-order valence-electron chi connectivity index (χ0n) is 18.7. The van der Waals surface area contributed by atoms with Crippen LogP contribution in [0.3, 0.4) is 0 Å². The second-order valence-electron chi connectivity index (χ2n) is 7.99. The maximum atomic E-state index is 14.7. The highest BCUT2D eigenvalue weighted by Crippen LogP contribution is 2.44. The Labute approximate surface area is 186 Å². The highest BCUT2D eigenvalue weighted by Gasteiger charge is 2.33. The fraction of sp³-hybridized carbons (Fsp3) is 0.333. The predicted octanol–water partition coefficient (Wildman–Crippen LogP) is 3.28. The van der Waals surface area contributed by atoms with Crippen LogP contribution in [0.4, 0.5) is 4.39 Å². The van der Waals surface area contributed by atoms with Gasteiger partial charge in [0.1, 0.15) is 11.5 Å². The van der Waals surface area contributed by atoms with E-state index >= 15 is 0 Å². The van der Waals surface area contributed by atoms with Crippen molar-refractivity contribution in [2.24, 2.45) is 0 Å². The molecule has 3 aromatic rings. The van der Waals surface area contributed by atoms with Crippen molar-refractivity contribution >= 4 is 5.91 Å². The molecule has 1 amide bonds. The molecule has 1 N–H and O–H groups in total. The lowest BCUT2D eigenvalue weighted by molar-refractivity contribution is 0.0946. The molecule has 2 aromatic carbocycles. The summed E-state index contributed by atoms with van der Waals surface area (Å²) in [6, 6.07) is 10.2. The number of methoxy groups -OCH3 is 2. The largest absolute Gasteiger partial charge is 0.493 e. The molecule has 168 valence electrons. The van der Waals surface area contributed by atoms with Gasteiger partial charge in [-0.15, -0.1) is 0 Å². The second-order valence-corrected chi connectivity index (χ2v) is 7.99. The number of nitrogens with one attached hydrogen (secondary N) is 1. The normalized spacial score (nSPS) is 11.9. The lowest BCUT2D eigenvalue weighted by atomic mass is 10.1. The van der Waals surface area contributed by atoms with Crippen LogP contribution in [0.15, 0.2) is 36.4 Å². The molecule has 0 atom stereocenters. The number of carbonyl (C=O) groups is 1. The number of hydrogen-bond donors (Lipinski definition) is 1. The Kier molecular flexibility index (Phi) is 6.14. The van der Waals surface area contributed by atoms with Crippen molar-refractivity contribution in [3.63, 3.8) is 0 Å². The summed E-state index contributed by atoms with van der Waals surface area (Å²) in [6.45, 7) is 1.40. The van der Waals surface area contributed by atoms with Gasteiger partial charge in [-0.1, -0.05) is 12.1 Å². The van der Waals surface area contributed by atoms with Crippen LogP contribution < -0.4 is 14.8 Å². The van der Waals surface area contributed by atoms with Gasteiger partial charge < -0.3 is 19.7 Å². The molecule has 0 fully saturated rings. The molecule has 0 unspecified atom stereocenters. The number of carbonyl (C=O) groups excluding carboxylic acids is 1. The number of nitrogens with zero attached hydrogens (tertiary/aromatic N) is 3. The molecular formula is C24H27FN4O3. The van der Waals surface area contributed by atoms with Gasteiger partial charge in [-0.25, -0.2) is 9.07 Å². The maximum absolute atomic E-state index is 14.7. The molecule has 0 spiro atoms. The second kappa shape index (κ2) is 9.00. The zero-order valence-corrected chi connectivity index (χ0v) is 18.7. The maximum Gasteiger partial charge on any atom is 0.272 e. The van der Waals surface area contributed by atoms with Gasteiger partial charge in [-0.2, -0.15) is 5.10 Å². The first kappa shape index (κ1) is 21.8. The Morgan fingerprint density at radius 3 is 2.59 bits per heavy atom. The topological polar surface area (TPSA) is 68.6 Å². The van der Waals surface area contributed by atoms with Crippen molar-refractivity contribution < 1.29 is 18.7 Å². The van der Waals surface area contributed by atoms with Crippen LogP contribution in [0, 0.1) is 5.82 Å². The van der Waals surface area contributed by atoms with Crippen molar-refractivity contribution in [1.82, 2.24) is 20.0 Å². The molecule has 1 heterocycles. The molecule has 1 aliphatic carbocycles. The van der Waals surface area contributed by atoms with E-state index in [0.717, 1.165) is 29.7 Å². The predicted molar refractivity (Wildman–Crippen MR) is 120 cm³/mol. The van der Waals surface area contributed by atoms with E-state index in [4.69, 9.17) is 9.47 Å². The summed E-state index contributed by atoms with van der Waals surface area (Å²) in [6.07, 6.45) is 1.32. The smallest absolute Gasteiger partial charge is 0.272 e. The van der Waals surface area contributed by atoms with Gasteiger partial charge in [0.05, 0.1) is 19.9 Å². The number of fused-ring (bicyclic) bond motifs is 3. The molecule has 0 saturated carbocycles. The van der Waals surface area contributed by atoms with Crippen molar-refractivity contribution in [1.29, 1.82) is 0 Å². The number of halogens is 1. The highest BCUT2D eigenvalue weighted by atomic mass is 19.1. The van der Waals surface area contributed by atoms with Crippen molar-refractivity contribution in [2.75, 3.05) is 41.4 Å². The molecule has 0 aliphatic heterocycles. The molecule has 0 saturated heterocycles. The summed E-state index contributed by atoms with van der Waals surface area (Å²) >= 11 is 0. The SMILES string of the molecule is COc1cc2c(cc1OC)-c1c(c(C(=O)NCCCN(C)C)nn1-c1ccccc1F)C2. The van der Waals surface area contributed by atoms with E-state index in [2.05, 4.69) is 15.3 Å². The first-order valence-corrected chi connectivity index (χ1v) is 10.5. The number of rotatable bonds is 8. The summed E-state index contributed by atoms with van der Waals surface area (Å²) in [7, 11) is 7.13. The molecule has 8 heteroatoms. The van der Waals surface area contributed by atoms with Crippen LogP contribution in [0.25, 0.3) is 16.9 Å². The number of amides is 1. The summed E-state index contributed by atoms with van der Waals surface area (Å²) < 4.78 is 27.1. The number of para-hydroxylation sites is 1. The van der Waals surface area contributed by atoms with Gasteiger partial charge in [0.2, 0.25) is 0 Å². The van der Waals surface area contributed by atoms with E-state index in [9.17, 15) is 9.18 Å². The van der Waals surface area contributed by atoms with Gasteiger partial charge in [0, 0.05) is 24.1 Å². The third-order valence-corrected chi connectivity index (χ3v) is 5.58. The number of hydrogen-bond acceptors (Lipinski definition) is 5. The third kappa shape index (κ3) is 3.93. The fourth-order valence-electron chi connectivity index (χ4n) is 4.03. The van der Waals surface area contributed by atoms with Crippen LogP contribution in [-0.4, -0.2) is 62.0 Å². The molecule has 1 aromatic heterocycles.